The van der Waals surface area contributed by atoms with Crippen molar-refractivity contribution in [2.75, 3.05) is 44.2 Å². The van der Waals surface area contributed by atoms with Gasteiger partial charge in [0.15, 0.2) is 0 Å². The predicted octanol–water partition coefficient (Wildman–Crippen LogP) is 2.87. The van der Waals surface area contributed by atoms with Crippen molar-refractivity contribution in [3.63, 3.8) is 0 Å². The van der Waals surface area contributed by atoms with Crippen molar-refractivity contribution < 1.29 is 9.18 Å². The molecule has 6 nitrogen and oxygen atoms in total. The largest absolute Gasteiger partial charge is 0.367 e. The number of hydrogen-bond donors (Lipinski definition) is 2. The highest BCUT2D eigenvalue weighted by Gasteiger charge is 2.25. The number of aryl methyl sites for hydroxylation is 1. The highest BCUT2D eigenvalue weighted by Crippen LogP contribution is 2.33. The fourth-order valence-electron chi connectivity index (χ4n) is 4.58. The molecule has 5 rings (SSSR count). The number of aromatic amines is 1. The maximum absolute atomic E-state index is 14.0. The Kier molecular flexibility index (Phi) is 5.42. The molecule has 0 atom stereocenters. The quantitative estimate of drug-likeness (QED) is 0.668. The van der Waals surface area contributed by atoms with Crippen molar-refractivity contribution in [2.24, 2.45) is 0 Å². The number of aromatic nitrogens is 2. The molecule has 0 radical (unpaired) electrons. The molecule has 0 unspecified atom stereocenters. The number of nitrogens with one attached hydrogen (secondary N) is 2. The standard InChI is InChI=1S/C24H26FN5O/c25-20-7-3-4-8-21(20)30-15-13-29(14-16-30)12-11-26-24(31)23-19-10-9-17-5-1-2-6-18(17)22(19)27-28-23/h1-8H,9-16H2,(H,26,31)(H,27,28). The maximum Gasteiger partial charge on any atom is 0.269 e. The highest BCUT2D eigenvalue weighted by atomic mass is 19.1. The van der Waals surface area contributed by atoms with Crippen LogP contribution in [0, 0.1) is 5.82 Å². The molecule has 1 saturated heterocycles. The van der Waals surface area contributed by atoms with Crippen LogP contribution in [0.2, 0.25) is 0 Å². The van der Waals surface area contributed by atoms with Crippen molar-refractivity contribution in [3.8, 4) is 11.3 Å². The second-order valence-corrected chi connectivity index (χ2v) is 8.12. The molecule has 1 amide bonds. The predicted molar refractivity (Wildman–Crippen MR) is 119 cm³/mol. The molecule has 31 heavy (non-hydrogen) atoms. The van der Waals surface area contributed by atoms with Crippen LogP contribution >= 0.6 is 0 Å². The van der Waals surface area contributed by atoms with Crippen LogP contribution in [0.5, 0.6) is 0 Å². The highest BCUT2D eigenvalue weighted by molar-refractivity contribution is 5.96. The summed E-state index contributed by atoms with van der Waals surface area (Å²) in [7, 11) is 0. The van der Waals surface area contributed by atoms with E-state index < -0.39 is 0 Å². The number of piperazine rings is 1. The lowest BCUT2D eigenvalue weighted by Gasteiger charge is -2.36. The van der Waals surface area contributed by atoms with Gasteiger partial charge in [-0.15, -0.1) is 0 Å². The number of halogens is 1. The normalized spacial score (nSPS) is 16.0. The van der Waals surface area contributed by atoms with E-state index in [0.29, 0.717) is 17.9 Å². The zero-order valence-corrected chi connectivity index (χ0v) is 17.4. The molecule has 0 bridgehead atoms. The number of rotatable bonds is 5. The Morgan fingerprint density at radius 2 is 1.81 bits per heavy atom. The summed E-state index contributed by atoms with van der Waals surface area (Å²) in [6, 6.07) is 15.2. The van der Waals surface area contributed by atoms with E-state index in [-0.39, 0.29) is 11.7 Å². The first-order valence-corrected chi connectivity index (χ1v) is 10.9. The number of fused-ring (bicyclic) bond motifs is 3. The molecular weight excluding hydrogens is 393 g/mol. The molecule has 1 aromatic heterocycles. The van der Waals surface area contributed by atoms with Crippen LogP contribution in [0.1, 0.15) is 21.6 Å². The van der Waals surface area contributed by atoms with Gasteiger partial charge in [-0.05, 0) is 30.5 Å². The van der Waals surface area contributed by atoms with Crippen LogP contribution in [-0.4, -0.2) is 60.3 Å². The number of hydrogen-bond acceptors (Lipinski definition) is 4. The summed E-state index contributed by atoms with van der Waals surface area (Å²) >= 11 is 0. The van der Waals surface area contributed by atoms with Crippen molar-refractivity contribution in [3.05, 3.63) is 71.2 Å². The lowest BCUT2D eigenvalue weighted by Crippen LogP contribution is -2.48. The summed E-state index contributed by atoms with van der Waals surface area (Å²) in [5.41, 5.74) is 5.55. The van der Waals surface area contributed by atoms with Crippen molar-refractivity contribution >= 4 is 11.6 Å². The number of H-pyrrole nitrogens is 1. The molecule has 1 aliphatic carbocycles. The summed E-state index contributed by atoms with van der Waals surface area (Å²) in [4.78, 5) is 17.1. The van der Waals surface area contributed by atoms with E-state index in [0.717, 1.165) is 62.4 Å². The molecule has 1 fully saturated rings. The van der Waals surface area contributed by atoms with E-state index in [9.17, 15) is 9.18 Å². The zero-order chi connectivity index (χ0) is 21.2. The Balaban J connectivity index is 1.14. The number of benzene rings is 2. The molecule has 160 valence electrons. The number of amides is 1. The Bertz CT molecular complexity index is 1090. The Hall–Kier alpha value is -3.19. The molecule has 2 N–H and O–H groups in total. The van der Waals surface area contributed by atoms with Gasteiger partial charge < -0.3 is 10.2 Å². The molecule has 2 aromatic carbocycles. The van der Waals surface area contributed by atoms with Crippen LogP contribution < -0.4 is 10.2 Å². The van der Waals surface area contributed by atoms with Gasteiger partial charge in [0.25, 0.3) is 5.91 Å². The lowest BCUT2D eigenvalue weighted by molar-refractivity contribution is 0.0941. The van der Waals surface area contributed by atoms with Crippen LogP contribution in [-0.2, 0) is 12.8 Å². The average Bonchev–Trinajstić information content (AvgIpc) is 3.25. The van der Waals surface area contributed by atoms with Crippen LogP contribution in [0.4, 0.5) is 10.1 Å². The van der Waals surface area contributed by atoms with E-state index in [1.165, 1.54) is 11.6 Å². The summed E-state index contributed by atoms with van der Waals surface area (Å²) in [6.07, 6.45) is 1.75. The summed E-state index contributed by atoms with van der Waals surface area (Å²) in [6.45, 7) is 4.60. The zero-order valence-electron chi connectivity index (χ0n) is 17.4. The molecule has 2 aliphatic rings. The Labute approximate surface area is 181 Å². The molecule has 3 aromatic rings. The summed E-state index contributed by atoms with van der Waals surface area (Å²) in [5.74, 6) is -0.271. The van der Waals surface area contributed by atoms with Crippen molar-refractivity contribution in [1.29, 1.82) is 0 Å². The maximum atomic E-state index is 14.0. The first kappa shape index (κ1) is 19.8. The van der Waals surface area contributed by atoms with E-state index in [4.69, 9.17) is 0 Å². The van der Waals surface area contributed by atoms with Crippen LogP contribution in [0.25, 0.3) is 11.3 Å². The van der Waals surface area contributed by atoms with Gasteiger partial charge in [0.05, 0.1) is 11.4 Å². The number of carbonyl (C=O) groups is 1. The third-order valence-electron chi connectivity index (χ3n) is 6.29. The fourth-order valence-corrected chi connectivity index (χ4v) is 4.58. The molecule has 2 heterocycles. The lowest BCUT2D eigenvalue weighted by atomic mass is 9.89. The minimum absolute atomic E-state index is 0.0990. The van der Waals surface area contributed by atoms with Gasteiger partial charge in [-0.2, -0.15) is 5.10 Å². The second kappa shape index (κ2) is 8.51. The monoisotopic (exact) mass is 419 g/mol. The second-order valence-electron chi connectivity index (χ2n) is 8.12. The average molecular weight is 420 g/mol. The van der Waals surface area contributed by atoms with E-state index in [1.54, 1.807) is 6.07 Å². The smallest absolute Gasteiger partial charge is 0.269 e. The van der Waals surface area contributed by atoms with Gasteiger partial charge >= 0.3 is 0 Å². The molecule has 0 saturated carbocycles. The van der Waals surface area contributed by atoms with Crippen molar-refractivity contribution in [2.45, 2.75) is 12.8 Å². The summed E-state index contributed by atoms with van der Waals surface area (Å²) < 4.78 is 14.0. The summed E-state index contributed by atoms with van der Waals surface area (Å²) in [5, 5.41) is 10.4. The number of anilines is 1. The van der Waals surface area contributed by atoms with Crippen molar-refractivity contribution in [1.82, 2.24) is 20.4 Å². The fraction of sp³-hybridized carbons (Fsp3) is 0.333. The molecular formula is C24H26FN5O. The molecule has 0 spiro atoms. The van der Waals surface area contributed by atoms with Gasteiger partial charge in [0.1, 0.15) is 11.5 Å². The Morgan fingerprint density at radius 3 is 2.65 bits per heavy atom. The van der Waals surface area contributed by atoms with Gasteiger partial charge in [0.2, 0.25) is 0 Å². The number of nitrogens with zero attached hydrogens (tertiary/aromatic N) is 3. The van der Waals surface area contributed by atoms with E-state index in [2.05, 4.69) is 37.4 Å². The van der Waals surface area contributed by atoms with Gasteiger partial charge in [-0.3, -0.25) is 14.8 Å². The first-order chi connectivity index (χ1) is 15.2. The number of para-hydroxylation sites is 1. The van der Waals surface area contributed by atoms with E-state index >= 15 is 0 Å². The Morgan fingerprint density at radius 1 is 1.03 bits per heavy atom. The molecule has 1 aliphatic heterocycles. The minimum atomic E-state index is -0.172. The molecule has 7 heteroatoms. The SMILES string of the molecule is O=C(NCCN1CCN(c2ccccc2F)CC1)c1[nH]nc2c1CCc1ccccc1-2. The third kappa shape index (κ3) is 3.93. The topological polar surface area (TPSA) is 64.3 Å². The third-order valence-corrected chi connectivity index (χ3v) is 6.29. The van der Waals surface area contributed by atoms with Crippen LogP contribution in [0.15, 0.2) is 48.5 Å². The first-order valence-electron chi connectivity index (χ1n) is 10.9. The van der Waals surface area contributed by atoms with Gasteiger partial charge in [-0.1, -0.05) is 36.4 Å². The van der Waals surface area contributed by atoms with Gasteiger partial charge in [-0.25, -0.2) is 4.39 Å². The van der Waals surface area contributed by atoms with Gasteiger partial charge in [0, 0.05) is 50.4 Å². The minimum Gasteiger partial charge on any atom is -0.367 e. The number of carbonyl (C=O) groups excluding carboxylic acids is 1. The van der Waals surface area contributed by atoms with E-state index in [1.807, 2.05) is 24.3 Å². The van der Waals surface area contributed by atoms with Crippen LogP contribution in [0.3, 0.4) is 0 Å².